The number of carbonyl (C=O) groups excluding carboxylic acids is 1. The Morgan fingerprint density at radius 3 is 2.53 bits per heavy atom. The van der Waals surface area contributed by atoms with E-state index in [9.17, 15) is 9.59 Å². The van der Waals surface area contributed by atoms with E-state index in [0.29, 0.717) is 25.9 Å². The van der Waals surface area contributed by atoms with E-state index in [1.165, 1.54) is 0 Å². The SMILES string of the molecule is CCC(C)(C)NC(=O)CN1CCC(C(=O)O)CC1C. The molecule has 1 saturated heterocycles. The van der Waals surface area contributed by atoms with Gasteiger partial charge in [-0.3, -0.25) is 14.5 Å². The predicted molar refractivity (Wildman–Crippen MR) is 73.9 cm³/mol. The molecule has 5 nitrogen and oxygen atoms in total. The van der Waals surface area contributed by atoms with Crippen LogP contribution in [-0.4, -0.2) is 46.6 Å². The number of rotatable bonds is 5. The van der Waals surface area contributed by atoms with Gasteiger partial charge in [-0.25, -0.2) is 0 Å². The minimum absolute atomic E-state index is 0.0208. The van der Waals surface area contributed by atoms with Crippen molar-refractivity contribution >= 4 is 11.9 Å². The first-order valence-electron chi connectivity index (χ1n) is 7.03. The zero-order valence-electron chi connectivity index (χ0n) is 12.4. The Labute approximate surface area is 115 Å². The van der Waals surface area contributed by atoms with Crippen LogP contribution in [0, 0.1) is 5.92 Å². The van der Waals surface area contributed by atoms with Crippen LogP contribution >= 0.6 is 0 Å². The largest absolute Gasteiger partial charge is 0.481 e. The van der Waals surface area contributed by atoms with Gasteiger partial charge >= 0.3 is 5.97 Å². The second-order valence-electron chi connectivity index (χ2n) is 6.16. The summed E-state index contributed by atoms with van der Waals surface area (Å²) in [4.78, 5) is 25.0. The number of carboxylic acid groups (broad SMARTS) is 1. The van der Waals surface area contributed by atoms with Crippen LogP contribution in [-0.2, 0) is 9.59 Å². The first kappa shape index (κ1) is 16.0. The van der Waals surface area contributed by atoms with E-state index in [4.69, 9.17) is 5.11 Å². The predicted octanol–water partition coefficient (Wildman–Crippen LogP) is 1.48. The van der Waals surface area contributed by atoms with Crippen molar-refractivity contribution in [2.45, 2.75) is 58.5 Å². The van der Waals surface area contributed by atoms with Crippen LogP contribution in [0.15, 0.2) is 0 Å². The van der Waals surface area contributed by atoms with Gasteiger partial charge in [0, 0.05) is 11.6 Å². The number of nitrogens with zero attached hydrogens (tertiary/aromatic N) is 1. The maximum absolute atomic E-state index is 12.0. The lowest BCUT2D eigenvalue weighted by Crippen LogP contribution is -2.51. The lowest BCUT2D eigenvalue weighted by molar-refractivity contribution is -0.144. The molecule has 0 spiro atoms. The average Bonchev–Trinajstić information content (AvgIpc) is 2.30. The number of hydrogen-bond acceptors (Lipinski definition) is 3. The topological polar surface area (TPSA) is 69.6 Å². The molecule has 2 atom stereocenters. The zero-order valence-corrected chi connectivity index (χ0v) is 12.4. The zero-order chi connectivity index (χ0) is 14.6. The monoisotopic (exact) mass is 270 g/mol. The van der Waals surface area contributed by atoms with Crippen molar-refractivity contribution in [2.24, 2.45) is 5.92 Å². The second-order valence-corrected chi connectivity index (χ2v) is 6.16. The summed E-state index contributed by atoms with van der Waals surface area (Å²) >= 11 is 0. The summed E-state index contributed by atoms with van der Waals surface area (Å²) in [5.41, 5.74) is -0.181. The Bertz CT molecular complexity index is 342. The molecule has 0 aromatic carbocycles. The number of hydrogen-bond donors (Lipinski definition) is 2. The van der Waals surface area contributed by atoms with E-state index >= 15 is 0 Å². The minimum atomic E-state index is -0.719. The van der Waals surface area contributed by atoms with Crippen molar-refractivity contribution in [1.82, 2.24) is 10.2 Å². The van der Waals surface area contributed by atoms with E-state index in [0.717, 1.165) is 6.42 Å². The van der Waals surface area contributed by atoms with Gasteiger partial charge in [0.2, 0.25) is 5.91 Å². The molecule has 2 unspecified atom stereocenters. The normalized spacial score (nSPS) is 25.1. The lowest BCUT2D eigenvalue weighted by atomic mass is 9.91. The fourth-order valence-electron chi connectivity index (χ4n) is 2.37. The van der Waals surface area contributed by atoms with Crippen LogP contribution in [0.2, 0.25) is 0 Å². The average molecular weight is 270 g/mol. The standard InChI is InChI=1S/C14H26N2O3/c1-5-14(3,4)15-12(17)9-16-7-6-11(13(18)19)8-10(16)2/h10-11H,5-9H2,1-4H3,(H,15,17)(H,18,19). The van der Waals surface area contributed by atoms with Crippen molar-refractivity contribution < 1.29 is 14.7 Å². The first-order valence-corrected chi connectivity index (χ1v) is 7.03. The molecule has 110 valence electrons. The molecule has 5 heteroatoms. The molecule has 0 radical (unpaired) electrons. The van der Waals surface area contributed by atoms with E-state index in [-0.39, 0.29) is 23.4 Å². The second kappa shape index (κ2) is 6.37. The highest BCUT2D eigenvalue weighted by molar-refractivity contribution is 5.79. The molecule has 1 aliphatic heterocycles. The molecular weight excluding hydrogens is 244 g/mol. The molecular formula is C14H26N2O3. The minimum Gasteiger partial charge on any atom is -0.481 e. The van der Waals surface area contributed by atoms with Gasteiger partial charge in [0.05, 0.1) is 12.5 Å². The Kier molecular flexibility index (Phi) is 5.35. The molecule has 2 N–H and O–H groups in total. The number of carbonyl (C=O) groups is 2. The quantitative estimate of drug-likeness (QED) is 0.794. The molecule has 0 bridgehead atoms. The van der Waals surface area contributed by atoms with E-state index in [1.54, 1.807) is 0 Å². The third-order valence-electron chi connectivity index (χ3n) is 4.07. The molecule has 0 aromatic heterocycles. The molecule has 0 aliphatic carbocycles. The van der Waals surface area contributed by atoms with Gasteiger partial charge in [-0.1, -0.05) is 6.92 Å². The number of piperidine rings is 1. The van der Waals surface area contributed by atoms with Crippen LogP contribution in [0.25, 0.3) is 0 Å². The van der Waals surface area contributed by atoms with Crippen LogP contribution < -0.4 is 5.32 Å². The summed E-state index contributed by atoms with van der Waals surface area (Å²) < 4.78 is 0. The summed E-state index contributed by atoms with van der Waals surface area (Å²) in [5, 5.41) is 12.0. The highest BCUT2D eigenvalue weighted by atomic mass is 16.4. The molecule has 1 aliphatic rings. The van der Waals surface area contributed by atoms with Gasteiger partial charge < -0.3 is 10.4 Å². The van der Waals surface area contributed by atoms with E-state index < -0.39 is 5.97 Å². The summed E-state index contributed by atoms with van der Waals surface area (Å²) in [7, 11) is 0. The number of aliphatic carboxylic acids is 1. The number of nitrogens with one attached hydrogen (secondary N) is 1. The van der Waals surface area contributed by atoms with Crippen LogP contribution in [0.4, 0.5) is 0 Å². The van der Waals surface area contributed by atoms with Gasteiger partial charge in [0.15, 0.2) is 0 Å². The number of amides is 1. The maximum Gasteiger partial charge on any atom is 0.306 e. The van der Waals surface area contributed by atoms with Gasteiger partial charge in [0.25, 0.3) is 0 Å². The van der Waals surface area contributed by atoms with Crippen LogP contribution in [0.5, 0.6) is 0 Å². The molecule has 1 heterocycles. The third-order valence-corrected chi connectivity index (χ3v) is 4.07. The number of likely N-dealkylation sites (tertiary alicyclic amines) is 1. The molecule has 1 amide bonds. The van der Waals surface area contributed by atoms with Crippen LogP contribution in [0.1, 0.15) is 47.0 Å². The van der Waals surface area contributed by atoms with E-state index in [1.807, 2.05) is 27.7 Å². The molecule has 1 fully saturated rings. The van der Waals surface area contributed by atoms with Gasteiger partial charge in [-0.15, -0.1) is 0 Å². The summed E-state index contributed by atoms with van der Waals surface area (Å²) in [6, 6.07) is 0.144. The van der Waals surface area contributed by atoms with Crippen molar-refractivity contribution in [3.63, 3.8) is 0 Å². The first-order chi connectivity index (χ1) is 8.75. The molecule has 1 rings (SSSR count). The highest BCUT2D eigenvalue weighted by Crippen LogP contribution is 2.22. The Morgan fingerprint density at radius 1 is 1.42 bits per heavy atom. The van der Waals surface area contributed by atoms with Crippen molar-refractivity contribution in [3.8, 4) is 0 Å². The van der Waals surface area contributed by atoms with Gasteiger partial charge in [0.1, 0.15) is 0 Å². The summed E-state index contributed by atoms with van der Waals surface area (Å²) in [6.45, 7) is 9.08. The highest BCUT2D eigenvalue weighted by Gasteiger charge is 2.31. The fraction of sp³-hybridized carbons (Fsp3) is 0.857. The Morgan fingerprint density at radius 2 is 2.05 bits per heavy atom. The van der Waals surface area contributed by atoms with Gasteiger partial charge in [-0.2, -0.15) is 0 Å². The maximum atomic E-state index is 12.0. The van der Waals surface area contributed by atoms with Crippen molar-refractivity contribution in [1.29, 1.82) is 0 Å². The Hall–Kier alpha value is -1.10. The Balaban J connectivity index is 2.46. The smallest absolute Gasteiger partial charge is 0.306 e. The molecule has 0 saturated carbocycles. The molecule has 19 heavy (non-hydrogen) atoms. The molecule has 0 aromatic rings. The van der Waals surface area contributed by atoms with E-state index in [2.05, 4.69) is 10.2 Å². The lowest BCUT2D eigenvalue weighted by Gasteiger charge is -2.36. The number of carboxylic acids is 1. The van der Waals surface area contributed by atoms with Crippen molar-refractivity contribution in [3.05, 3.63) is 0 Å². The summed E-state index contributed by atoms with van der Waals surface area (Å²) in [6.07, 6.45) is 2.14. The van der Waals surface area contributed by atoms with Crippen LogP contribution in [0.3, 0.4) is 0 Å². The van der Waals surface area contributed by atoms with Crippen molar-refractivity contribution in [2.75, 3.05) is 13.1 Å². The van der Waals surface area contributed by atoms with Gasteiger partial charge in [-0.05, 0) is 46.6 Å². The summed E-state index contributed by atoms with van der Waals surface area (Å²) in [5.74, 6) is -0.961. The third kappa shape index (κ3) is 4.82. The fourth-order valence-corrected chi connectivity index (χ4v) is 2.37.